The molecule has 25 heavy (non-hydrogen) atoms. The topological polar surface area (TPSA) is 70.1 Å². The van der Waals surface area contributed by atoms with Crippen molar-refractivity contribution in [2.24, 2.45) is 5.10 Å². The first-order chi connectivity index (χ1) is 12.3. The number of fused-ring (bicyclic) bond motifs is 1. The maximum atomic E-state index is 12.6. The number of hydrazone groups is 1. The lowest BCUT2D eigenvalue weighted by Gasteiger charge is -2.07. The van der Waals surface area contributed by atoms with Crippen LogP contribution in [0.3, 0.4) is 0 Å². The highest BCUT2D eigenvalue weighted by Crippen LogP contribution is 2.27. The normalized spacial score (nSPS) is 11.2. The second-order valence-corrected chi connectivity index (χ2v) is 6.32. The SMILES string of the molecule is O=C(NN=Cc1ccc[nH]1)c1cc(-c2cccs2)nc2ccccc12. The van der Waals surface area contributed by atoms with Gasteiger partial charge in [0.1, 0.15) is 0 Å². The van der Waals surface area contributed by atoms with E-state index in [0.717, 1.165) is 27.2 Å². The minimum Gasteiger partial charge on any atom is -0.360 e. The molecule has 1 aromatic carbocycles. The number of H-pyrrole nitrogens is 1. The van der Waals surface area contributed by atoms with Crippen molar-refractivity contribution in [2.75, 3.05) is 0 Å². The van der Waals surface area contributed by atoms with Crippen molar-refractivity contribution in [3.8, 4) is 10.6 Å². The first-order valence-electron chi connectivity index (χ1n) is 7.72. The maximum absolute atomic E-state index is 12.6. The van der Waals surface area contributed by atoms with Crippen molar-refractivity contribution in [2.45, 2.75) is 0 Å². The molecule has 0 radical (unpaired) electrons. The third kappa shape index (κ3) is 3.20. The van der Waals surface area contributed by atoms with Gasteiger partial charge in [-0.05, 0) is 35.7 Å². The quantitative estimate of drug-likeness (QED) is 0.432. The van der Waals surface area contributed by atoms with Crippen molar-refractivity contribution in [3.63, 3.8) is 0 Å². The standard InChI is InChI=1S/C19H14N4OS/c24-19(23-21-12-13-5-3-9-20-13)15-11-17(18-8-4-10-25-18)22-16-7-2-1-6-14(15)16/h1-12,20H,(H,23,24). The molecular formula is C19H14N4OS. The number of hydrogen-bond acceptors (Lipinski definition) is 4. The number of aromatic nitrogens is 2. The van der Waals surface area contributed by atoms with Crippen LogP contribution in [0.25, 0.3) is 21.5 Å². The number of aromatic amines is 1. The Kier molecular flexibility index (Phi) is 4.10. The largest absolute Gasteiger partial charge is 0.360 e. The van der Waals surface area contributed by atoms with Gasteiger partial charge in [0.05, 0.1) is 33.6 Å². The van der Waals surface area contributed by atoms with E-state index in [0.29, 0.717) is 5.56 Å². The number of nitrogens with one attached hydrogen (secondary N) is 2. The van der Waals surface area contributed by atoms with Crippen LogP contribution in [0.15, 0.2) is 71.3 Å². The Bertz CT molecular complexity index is 1040. The van der Waals surface area contributed by atoms with Crippen LogP contribution >= 0.6 is 11.3 Å². The highest BCUT2D eigenvalue weighted by molar-refractivity contribution is 7.13. The highest BCUT2D eigenvalue weighted by atomic mass is 32.1. The van der Waals surface area contributed by atoms with Crippen LogP contribution in [-0.4, -0.2) is 22.1 Å². The molecule has 4 aromatic rings. The summed E-state index contributed by atoms with van der Waals surface area (Å²) in [4.78, 5) is 21.3. The fourth-order valence-corrected chi connectivity index (χ4v) is 3.25. The van der Waals surface area contributed by atoms with E-state index in [4.69, 9.17) is 0 Å². The number of para-hydroxylation sites is 1. The minimum atomic E-state index is -0.265. The van der Waals surface area contributed by atoms with E-state index in [1.54, 1.807) is 23.7 Å². The van der Waals surface area contributed by atoms with E-state index in [1.807, 2.05) is 60.0 Å². The molecule has 4 rings (SSSR count). The van der Waals surface area contributed by atoms with Crippen LogP contribution in [0.1, 0.15) is 16.1 Å². The predicted octanol–water partition coefficient (Wildman–Crippen LogP) is 4.06. The van der Waals surface area contributed by atoms with E-state index >= 15 is 0 Å². The van der Waals surface area contributed by atoms with Crippen molar-refractivity contribution in [3.05, 3.63) is 77.4 Å². The monoisotopic (exact) mass is 346 g/mol. The van der Waals surface area contributed by atoms with E-state index < -0.39 is 0 Å². The number of rotatable bonds is 4. The van der Waals surface area contributed by atoms with Crippen LogP contribution in [0.2, 0.25) is 0 Å². The van der Waals surface area contributed by atoms with E-state index in [9.17, 15) is 4.79 Å². The average Bonchev–Trinajstić information content (AvgIpc) is 3.34. The first-order valence-corrected chi connectivity index (χ1v) is 8.60. The molecule has 2 N–H and O–H groups in total. The van der Waals surface area contributed by atoms with Gasteiger partial charge in [-0.25, -0.2) is 10.4 Å². The molecule has 0 unspecified atom stereocenters. The van der Waals surface area contributed by atoms with Gasteiger partial charge in [-0.1, -0.05) is 24.3 Å². The van der Waals surface area contributed by atoms with Gasteiger partial charge in [0.2, 0.25) is 0 Å². The van der Waals surface area contributed by atoms with Crippen LogP contribution in [-0.2, 0) is 0 Å². The average molecular weight is 346 g/mol. The van der Waals surface area contributed by atoms with Gasteiger partial charge < -0.3 is 4.98 Å². The summed E-state index contributed by atoms with van der Waals surface area (Å²) >= 11 is 1.59. The lowest BCUT2D eigenvalue weighted by atomic mass is 10.1. The molecule has 3 aromatic heterocycles. The molecule has 1 amide bonds. The smallest absolute Gasteiger partial charge is 0.272 e. The van der Waals surface area contributed by atoms with Crippen LogP contribution in [0.5, 0.6) is 0 Å². The molecule has 3 heterocycles. The Balaban J connectivity index is 1.70. The molecule has 0 bridgehead atoms. The Labute approximate surface area is 148 Å². The Morgan fingerprint density at radius 2 is 2.08 bits per heavy atom. The molecule has 0 atom stereocenters. The summed E-state index contributed by atoms with van der Waals surface area (Å²) in [6, 6.07) is 17.1. The predicted molar refractivity (Wildman–Crippen MR) is 101 cm³/mol. The third-order valence-electron chi connectivity index (χ3n) is 3.73. The minimum absolute atomic E-state index is 0.265. The Morgan fingerprint density at radius 1 is 1.16 bits per heavy atom. The van der Waals surface area contributed by atoms with E-state index in [1.165, 1.54) is 0 Å². The zero-order valence-electron chi connectivity index (χ0n) is 13.1. The van der Waals surface area contributed by atoms with Gasteiger partial charge >= 0.3 is 0 Å². The summed E-state index contributed by atoms with van der Waals surface area (Å²) in [7, 11) is 0. The summed E-state index contributed by atoms with van der Waals surface area (Å²) in [6.45, 7) is 0. The highest BCUT2D eigenvalue weighted by Gasteiger charge is 2.13. The zero-order chi connectivity index (χ0) is 17.1. The fraction of sp³-hybridized carbons (Fsp3) is 0. The maximum Gasteiger partial charge on any atom is 0.272 e. The number of carbonyl (C=O) groups excluding carboxylic acids is 1. The van der Waals surface area contributed by atoms with Gasteiger partial charge in [-0.2, -0.15) is 5.10 Å². The summed E-state index contributed by atoms with van der Waals surface area (Å²) < 4.78 is 0. The van der Waals surface area contributed by atoms with Crippen molar-refractivity contribution in [1.29, 1.82) is 0 Å². The molecule has 0 spiro atoms. The van der Waals surface area contributed by atoms with Gasteiger partial charge in [0.25, 0.3) is 5.91 Å². The summed E-state index contributed by atoms with van der Waals surface area (Å²) in [6.07, 6.45) is 3.37. The molecule has 0 aliphatic carbocycles. The van der Waals surface area contributed by atoms with Gasteiger partial charge in [-0.15, -0.1) is 11.3 Å². The van der Waals surface area contributed by atoms with Gasteiger partial charge in [-0.3, -0.25) is 4.79 Å². The number of nitrogens with zero attached hydrogens (tertiary/aromatic N) is 2. The molecule has 122 valence electrons. The van der Waals surface area contributed by atoms with Crippen LogP contribution in [0, 0.1) is 0 Å². The summed E-state index contributed by atoms with van der Waals surface area (Å²) in [5.41, 5.74) is 5.53. The summed E-state index contributed by atoms with van der Waals surface area (Å²) in [5, 5.41) is 6.81. The number of thiophene rings is 1. The van der Waals surface area contributed by atoms with Crippen molar-refractivity contribution in [1.82, 2.24) is 15.4 Å². The second kappa shape index (κ2) is 6.70. The lowest BCUT2D eigenvalue weighted by molar-refractivity contribution is 0.0957. The number of hydrogen-bond donors (Lipinski definition) is 2. The zero-order valence-corrected chi connectivity index (χ0v) is 14.0. The number of amides is 1. The van der Waals surface area contributed by atoms with E-state index in [-0.39, 0.29) is 5.91 Å². The summed E-state index contributed by atoms with van der Waals surface area (Å²) in [5.74, 6) is -0.265. The molecule has 0 aliphatic heterocycles. The molecule has 0 saturated carbocycles. The lowest BCUT2D eigenvalue weighted by Crippen LogP contribution is -2.18. The van der Waals surface area contributed by atoms with E-state index in [2.05, 4.69) is 20.5 Å². The molecule has 6 heteroatoms. The second-order valence-electron chi connectivity index (χ2n) is 5.37. The Hall–Kier alpha value is -3.25. The van der Waals surface area contributed by atoms with Gasteiger partial charge in [0.15, 0.2) is 0 Å². The van der Waals surface area contributed by atoms with Crippen molar-refractivity contribution >= 4 is 34.4 Å². The molecular weight excluding hydrogens is 332 g/mol. The fourth-order valence-electron chi connectivity index (χ4n) is 2.56. The Morgan fingerprint density at radius 3 is 2.88 bits per heavy atom. The molecule has 0 saturated heterocycles. The number of benzene rings is 1. The number of carbonyl (C=O) groups is 1. The van der Waals surface area contributed by atoms with Crippen LogP contribution in [0.4, 0.5) is 0 Å². The molecule has 0 fully saturated rings. The number of pyridine rings is 1. The third-order valence-corrected chi connectivity index (χ3v) is 4.62. The first kappa shape index (κ1) is 15.3. The van der Waals surface area contributed by atoms with Gasteiger partial charge in [0, 0.05) is 11.6 Å². The van der Waals surface area contributed by atoms with Crippen molar-refractivity contribution < 1.29 is 4.79 Å². The molecule has 5 nitrogen and oxygen atoms in total. The molecule has 0 aliphatic rings. The van der Waals surface area contributed by atoms with Crippen LogP contribution < -0.4 is 5.43 Å².